The third-order valence-electron chi connectivity index (χ3n) is 4.52. The van der Waals surface area contributed by atoms with Gasteiger partial charge in [-0.25, -0.2) is 0 Å². The third-order valence-corrected chi connectivity index (χ3v) is 4.52. The van der Waals surface area contributed by atoms with Crippen molar-refractivity contribution in [3.05, 3.63) is 23.8 Å². The summed E-state index contributed by atoms with van der Waals surface area (Å²) in [7, 11) is 3.36. The van der Waals surface area contributed by atoms with E-state index in [1.807, 2.05) is 6.07 Å². The lowest BCUT2D eigenvalue weighted by Crippen LogP contribution is -2.28. The van der Waals surface area contributed by atoms with Crippen LogP contribution in [-0.2, 0) is 6.42 Å². The van der Waals surface area contributed by atoms with Gasteiger partial charge in [-0.3, -0.25) is 0 Å². The van der Waals surface area contributed by atoms with Crippen LogP contribution in [0.1, 0.15) is 38.2 Å². The molecular weight excluding hydrogens is 262 g/mol. The lowest BCUT2D eigenvalue weighted by Gasteiger charge is -2.26. The molecule has 1 saturated carbocycles. The maximum Gasteiger partial charge on any atom is 0.160 e. The van der Waals surface area contributed by atoms with Gasteiger partial charge in [-0.2, -0.15) is 0 Å². The van der Waals surface area contributed by atoms with Gasteiger partial charge in [0.1, 0.15) is 0 Å². The summed E-state index contributed by atoms with van der Waals surface area (Å²) in [5, 5.41) is 3.62. The summed E-state index contributed by atoms with van der Waals surface area (Å²) in [5.74, 6) is 3.40. The van der Waals surface area contributed by atoms with Crippen LogP contribution in [0.15, 0.2) is 18.2 Å². The van der Waals surface area contributed by atoms with E-state index in [2.05, 4.69) is 24.4 Å². The van der Waals surface area contributed by atoms with Crippen molar-refractivity contribution >= 4 is 0 Å². The fourth-order valence-electron chi connectivity index (χ4n) is 3.32. The molecule has 1 aromatic rings. The molecule has 1 N–H and O–H groups in total. The lowest BCUT2D eigenvalue weighted by molar-refractivity contribution is 0.275. The Kier molecular flexibility index (Phi) is 6.37. The van der Waals surface area contributed by atoms with Gasteiger partial charge in [0.15, 0.2) is 11.5 Å². The van der Waals surface area contributed by atoms with Crippen molar-refractivity contribution in [3.8, 4) is 11.5 Å². The van der Waals surface area contributed by atoms with E-state index in [0.717, 1.165) is 42.8 Å². The molecule has 21 heavy (non-hydrogen) atoms. The van der Waals surface area contributed by atoms with E-state index in [1.165, 1.54) is 31.2 Å². The van der Waals surface area contributed by atoms with E-state index in [0.29, 0.717) is 0 Å². The van der Waals surface area contributed by atoms with E-state index in [1.54, 1.807) is 14.2 Å². The predicted molar refractivity (Wildman–Crippen MR) is 87.2 cm³/mol. The molecule has 0 aromatic heterocycles. The maximum atomic E-state index is 5.34. The standard InChI is InChI=1S/C18H29NO2/c1-14-5-4-6-16(11-14)13-19-10-9-15-7-8-17(20-2)18(12-15)21-3/h7-8,12,14,16,19H,4-6,9-11,13H2,1-3H3. The van der Waals surface area contributed by atoms with Gasteiger partial charge < -0.3 is 14.8 Å². The average molecular weight is 291 g/mol. The SMILES string of the molecule is COc1ccc(CCNCC2CCCC(C)C2)cc1OC. The van der Waals surface area contributed by atoms with E-state index in [4.69, 9.17) is 9.47 Å². The molecular formula is C18H29NO2. The molecule has 2 unspecified atom stereocenters. The highest BCUT2D eigenvalue weighted by Gasteiger charge is 2.18. The largest absolute Gasteiger partial charge is 0.493 e. The van der Waals surface area contributed by atoms with Gasteiger partial charge in [0, 0.05) is 0 Å². The number of hydrogen-bond donors (Lipinski definition) is 1. The summed E-state index contributed by atoms with van der Waals surface area (Å²) >= 11 is 0. The number of ether oxygens (including phenoxy) is 2. The van der Waals surface area contributed by atoms with Crippen LogP contribution in [-0.4, -0.2) is 27.3 Å². The van der Waals surface area contributed by atoms with Gasteiger partial charge in [-0.1, -0.05) is 25.8 Å². The Morgan fingerprint density at radius 3 is 2.67 bits per heavy atom. The van der Waals surface area contributed by atoms with Crippen LogP contribution in [0.3, 0.4) is 0 Å². The molecule has 1 fully saturated rings. The van der Waals surface area contributed by atoms with Crippen molar-refractivity contribution in [2.75, 3.05) is 27.3 Å². The van der Waals surface area contributed by atoms with Gasteiger partial charge in [0.25, 0.3) is 0 Å². The van der Waals surface area contributed by atoms with Crippen LogP contribution in [0.5, 0.6) is 11.5 Å². The molecule has 0 radical (unpaired) electrons. The molecule has 0 saturated heterocycles. The van der Waals surface area contributed by atoms with Gasteiger partial charge in [0.05, 0.1) is 14.2 Å². The molecule has 3 heteroatoms. The van der Waals surface area contributed by atoms with E-state index >= 15 is 0 Å². The van der Waals surface area contributed by atoms with Crippen molar-refractivity contribution in [2.45, 2.75) is 39.0 Å². The van der Waals surface area contributed by atoms with E-state index < -0.39 is 0 Å². The summed E-state index contributed by atoms with van der Waals surface area (Å²) in [4.78, 5) is 0. The van der Waals surface area contributed by atoms with Crippen molar-refractivity contribution in [3.63, 3.8) is 0 Å². The van der Waals surface area contributed by atoms with Crippen LogP contribution in [0.4, 0.5) is 0 Å². The number of methoxy groups -OCH3 is 2. The highest BCUT2D eigenvalue weighted by molar-refractivity contribution is 5.42. The number of nitrogens with one attached hydrogen (secondary N) is 1. The van der Waals surface area contributed by atoms with E-state index in [-0.39, 0.29) is 0 Å². The Morgan fingerprint density at radius 2 is 1.95 bits per heavy atom. The van der Waals surface area contributed by atoms with Crippen LogP contribution in [0.2, 0.25) is 0 Å². The van der Waals surface area contributed by atoms with Crippen LogP contribution in [0, 0.1) is 11.8 Å². The first-order chi connectivity index (χ1) is 10.2. The summed E-state index contributed by atoms with van der Waals surface area (Å²) in [5.41, 5.74) is 1.29. The van der Waals surface area contributed by atoms with Gasteiger partial charge >= 0.3 is 0 Å². The molecule has 1 aliphatic carbocycles. The molecule has 0 heterocycles. The van der Waals surface area contributed by atoms with Crippen LogP contribution < -0.4 is 14.8 Å². The van der Waals surface area contributed by atoms with Crippen molar-refractivity contribution < 1.29 is 9.47 Å². The Bertz CT molecular complexity index is 433. The number of benzene rings is 1. The molecule has 2 atom stereocenters. The van der Waals surface area contributed by atoms with Gasteiger partial charge in [0.2, 0.25) is 0 Å². The first kappa shape index (κ1) is 16.2. The Labute approximate surface area is 129 Å². The Hall–Kier alpha value is -1.22. The van der Waals surface area contributed by atoms with Crippen molar-refractivity contribution in [1.29, 1.82) is 0 Å². The minimum absolute atomic E-state index is 0.797. The summed E-state index contributed by atoms with van der Waals surface area (Å²) in [6, 6.07) is 6.17. The lowest BCUT2D eigenvalue weighted by atomic mass is 9.82. The zero-order chi connectivity index (χ0) is 15.1. The molecule has 1 aliphatic rings. The number of hydrogen-bond acceptors (Lipinski definition) is 3. The molecule has 2 rings (SSSR count). The highest BCUT2D eigenvalue weighted by atomic mass is 16.5. The molecule has 0 amide bonds. The highest BCUT2D eigenvalue weighted by Crippen LogP contribution is 2.28. The zero-order valence-corrected chi connectivity index (χ0v) is 13.7. The number of rotatable bonds is 7. The monoisotopic (exact) mass is 291 g/mol. The quantitative estimate of drug-likeness (QED) is 0.778. The zero-order valence-electron chi connectivity index (χ0n) is 13.7. The second-order valence-electron chi connectivity index (χ2n) is 6.28. The predicted octanol–water partition coefficient (Wildman–Crippen LogP) is 3.66. The Balaban J connectivity index is 1.73. The fraction of sp³-hybridized carbons (Fsp3) is 0.667. The third kappa shape index (κ3) is 4.92. The molecule has 0 aliphatic heterocycles. The minimum Gasteiger partial charge on any atom is -0.493 e. The van der Waals surface area contributed by atoms with Crippen LogP contribution >= 0.6 is 0 Å². The average Bonchev–Trinajstić information content (AvgIpc) is 2.51. The van der Waals surface area contributed by atoms with Gasteiger partial charge in [-0.05, 0) is 61.9 Å². The topological polar surface area (TPSA) is 30.5 Å². The minimum atomic E-state index is 0.797. The summed E-state index contributed by atoms with van der Waals surface area (Å²) in [6.07, 6.45) is 6.64. The van der Waals surface area contributed by atoms with Crippen molar-refractivity contribution in [2.24, 2.45) is 11.8 Å². The van der Waals surface area contributed by atoms with Gasteiger partial charge in [-0.15, -0.1) is 0 Å². The molecule has 118 valence electrons. The first-order valence-corrected chi connectivity index (χ1v) is 8.14. The first-order valence-electron chi connectivity index (χ1n) is 8.14. The second kappa shape index (κ2) is 8.28. The summed E-state index contributed by atoms with van der Waals surface area (Å²) < 4.78 is 10.6. The molecule has 3 nitrogen and oxygen atoms in total. The normalized spacial score (nSPS) is 22.0. The molecule has 0 bridgehead atoms. The molecule has 0 spiro atoms. The second-order valence-corrected chi connectivity index (χ2v) is 6.28. The maximum absolute atomic E-state index is 5.34. The fourth-order valence-corrected chi connectivity index (χ4v) is 3.32. The smallest absolute Gasteiger partial charge is 0.160 e. The van der Waals surface area contributed by atoms with Crippen molar-refractivity contribution in [1.82, 2.24) is 5.32 Å². The van der Waals surface area contributed by atoms with Crippen LogP contribution in [0.25, 0.3) is 0 Å². The summed E-state index contributed by atoms with van der Waals surface area (Å²) in [6.45, 7) is 4.58. The van der Waals surface area contributed by atoms with E-state index in [9.17, 15) is 0 Å². The Morgan fingerprint density at radius 1 is 1.14 bits per heavy atom. The molecule has 1 aromatic carbocycles.